The summed E-state index contributed by atoms with van der Waals surface area (Å²) < 4.78 is 18.9. The number of imidazole rings is 4. The molecule has 2 unspecified atom stereocenters. The molecule has 0 aliphatic carbocycles. The van der Waals surface area contributed by atoms with Crippen molar-refractivity contribution in [2.75, 3.05) is 0 Å². The van der Waals surface area contributed by atoms with E-state index in [2.05, 4.69) is 166 Å². The van der Waals surface area contributed by atoms with Crippen LogP contribution in [0.3, 0.4) is 0 Å². The maximum atomic E-state index is 5.80. The molecule has 3 aliphatic rings. The number of aromatic nitrogens is 10. The predicted molar refractivity (Wildman–Crippen MR) is 232 cm³/mol. The normalized spacial score (nSPS) is 16.4. The second-order valence-corrected chi connectivity index (χ2v) is 16.0. The first-order valence-electron chi connectivity index (χ1n) is 22.7. The molecule has 66 heavy (non-hydrogen) atoms. The summed E-state index contributed by atoms with van der Waals surface area (Å²) in [7, 11) is 0. The Morgan fingerprint density at radius 2 is 0.773 bits per heavy atom. The first-order chi connectivity index (χ1) is 29.4. The van der Waals surface area contributed by atoms with Gasteiger partial charge >= 0.3 is 17.1 Å². The number of aryl methyl sites for hydroxylation is 8. The largest absolute Gasteiger partial charge is 3.00 e. The number of hydrogen-bond acceptors (Lipinski definition) is 0. The van der Waals surface area contributed by atoms with Crippen LogP contribution in [0.4, 0.5) is 0 Å². The summed E-state index contributed by atoms with van der Waals surface area (Å²) in [6.45, 7) is 24.7. The molecule has 12 nitrogen and oxygen atoms in total. The van der Waals surface area contributed by atoms with Crippen LogP contribution in [0.5, 0.6) is 0 Å². The number of halogens is 5. The van der Waals surface area contributed by atoms with Gasteiger partial charge in [-0.1, -0.05) is 49.2 Å². The van der Waals surface area contributed by atoms with Gasteiger partial charge in [0.05, 0.1) is 52.4 Å². The summed E-state index contributed by atoms with van der Waals surface area (Å²) in [6.07, 6.45) is 21.2. The maximum Gasteiger partial charge on any atom is 3.00 e. The van der Waals surface area contributed by atoms with E-state index in [-0.39, 0.29) is 91.2 Å². The summed E-state index contributed by atoms with van der Waals surface area (Å²) in [5, 5.41) is 13.6. The molecule has 0 N–H and O–H groups in total. The van der Waals surface area contributed by atoms with Crippen molar-refractivity contribution in [2.45, 2.75) is 146 Å². The quantitative estimate of drug-likeness (QED) is 0.0902. The molecule has 2 atom stereocenters. The molecule has 2 fully saturated rings. The zero-order valence-electron chi connectivity index (χ0n) is 39.2. The van der Waals surface area contributed by atoms with Crippen LogP contribution in [0, 0.1) is 0 Å². The number of hydrogen-bond donors (Lipinski definition) is 0. The van der Waals surface area contributed by atoms with Crippen LogP contribution >= 0.6 is 0 Å². The van der Waals surface area contributed by atoms with Gasteiger partial charge in [0.1, 0.15) is 49.6 Å². The minimum absolute atomic E-state index is 0. The summed E-state index contributed by atoms with van der Waals surface area (Å²) in [5.74, 6) is 4.68. The zero-order chi connectivity index (χ0) is 41.7. The third-order valence-electron chi connectivity index (χ3n) is 13.1. The van der Waals surface area contributed by atoms with Gasteiger partial charge in [-0.05, 0) is 68.2 Å². The third-order valence-corrected chi connectivity index (χ3v) is 13.1. The number of allylic oxidation sites excluding steroid dienone is 2. The van der Waals surface area contributed by atoms with Gasteiger partial charge in [-0.3, -0.25) is 0 Å². The molecular formula is C48H62Cl5MnN12-2. The van der Waals surface area contributed by atoms with E-state index >= 15 is 0 Å². The Balaban J connectivity index is 0.00000193. The van der Waals surface area contributed by atoms with Crippen molar-refractivity contribution in [3.63, 3.8) is 0 Å². The summed E-state index contributed by atoms with van der Waals surface area (Å²) in [5.41, 5.74) is 8.74. The Bertz CT molecular complexity index is 2500. The van der Waals surface area contributed by atoms with Crippen molar-refractivity contribution in [3.05, 3.63) is 141 Å². The van der Waals surface area contributed by atoms with Gasteiger partial charge in [0.15, 0.2) is 0 Å². The molecule has 2 saturated heterocycles. The fourth-order valence-electron chi connectivity index (χ4n) is 10.0. The molecule has 6 aromatic heterocycles. The average molecular weight is 1040 g/mol. The smallest absolute Gasteiger partial charge is 1.00 e. The Labute approximate surface area is 431 Å². The molecule has 0 saturated carbocycles. The first-order valence-corrected chi connectivity index (χ1v) is 22.7. The Morgan fingerprint density at radius 3 is 1.09 bits per heavy atom. The molecule has 6 aromatic rings. The molecule has 0 spiro atoms. The van der Waals surface area contributed by atoms with E-state index in [0.717, 1.165) is 134 Å². The van der Waals surface area contributed by atoms with Crippen LogP contribution < -0.4 is 101 Å². The van der Waals surface area contributed by atoms with E-state index < -0.39 is 0 Å². The summed E-state index contributed by atoms with van der Waals surface area (Å²) >= 11 is 0. The van der Waals surface area contributed by atoms with Crippen molar-refractivity contribution >= 4 is 22.3 Å². The van der Waals surface area contributed by atoms with Crippen LogP contribution in [0.2, 0.25) is 0 Å². The molecule has 0 radical (unpaired) electrons. The molecule has 3 aliphatic heterocycles. The molecule has 0 amide bonds. The van der Waals surface area contributed by atoms with Crippen molar-refractivity contribution in [1.82, 2.24) is 28.2 Å². The number of fused-ring (bicyclic) bond motifs is 8. The fraction of sp³-hybridized carbons (Fsp3) is 0.458. The summed E-state index contributed by atoms with van der Waals surface area (Å²) in [4.78, 5) is 11.4. The van der Waals surface area contributed by atoms with Crippen molar-refractivity contribution in [1.29, 1.82) is 0 Å². The maximum absolute atomic E-state index is 5.80. The van der Waals surface area contributed by atoms with Gasteiger partial charge in [0.2, 0.25) is 0 Å². The average Bonchev–Trinajstić information content (AvgIpc) is 4.13. The topological polar surface area (TPSA) is 91.6 Å². The van der Waals surface area contributed by atoms with E-state index in [1.165, 1.54) is 22.8 Å². The van der Waals surface area contributed by atoms with E-state index in [1.807, 2.05) is 0 Å². The molecular weight excluding hydrogens is 977 g/mol. The molecule has 9 heterocycles. The minimum atomic E-state index is -0.0868. The fourth-order valence-corrected chi connectivity index (χ4v) is 10.0. The van der Waals surface area contributed by atoms with E-state index in [9.17, 15) is 0 Å². The third kappa shape index (κ3) is 9.60. The van der Waals surface area contributed by atoms with Gasteiger partial charge in [-0.25, -0.2) is 36.5 Å². The Kier molecular flexibility index (Phi) is 20.5. The van der Waals surface area contributed by atoms with Crippen LogP contribution in [-0.2, 0) is 69.4 Å². The predicted octanol–water partition coefficient (Wildman–Crippen LogP) is -10.2. The molecule has 9 rings (SSSR count). The van der Waals surface area contributed by atoms with Crippen molar-refractivity contribution in [3.8, 4) is 0 Å². The molecule has 18 heteroatoms. The summed E-state index contributed by atoms with van der Waals surface area (Å²) in [6, 6.07) is 8.83. The molecule has 8 bridgehead atoms. The minimum Gasteiger partial charge on any atom is -1.00 e. The van der Waals surface area contributed by atoms with Crippen molar-refractivity contribution < 1.29 is 97.4 Å². The van der Waals surface area contributed by atoms with E-state index in [0.29, 0.717) is 0 Å². The van der Waals surface area contributed by atoms with Gasteiger partial charge in [0.25, 0.3) is 23.3 Å². The number of rotatable bonds is 12. The van der Waals surface area contributed by atoms with Crippen LogP contribution in [0.25, 0.3) is 32.9 Å². The van der Waals surface area contributed by atoms with Crippen LogP contribution in [0.15, 0.2) is 85.2 Å². The van der Waals surface area contributed by atoms with Gasteiger partial charge in [0, 0.05) is 22.3 Å². The Morgan fingerprint density at radius 1 is 0.455 bits per heavy atom. The van der Waals surface area contributed by atoms with Gasteiger partial charge in [-0.15, -0.1) is 33.5 Å². The standard InChI is InChI=1S/C48H62N12.5ClH.Mn/c1-9-53-25-26-54(10-2)45(53)41-33-17-19-35(49-33)42(46-55(11-3)27-28-56(46)12-4)37-21-23-39(51-37)44(48-59(15-7)31-32-60(48)16-8)40-24-22-38(52-40)43(36-20-18-34(41)50-36)47-57(13-5)29-30-58(47)14-6;;;;;;/h17,19,22,24-32,34,37H,9-16,18,20-21,23H2,1-8H3;5*1H;/q;;;;;;+3/p-5. The SMILES string of the molecule is CCn1cc[n+](CC)c1C1=C2CCC([N-]2)C(c2n(CC)cc[n+]2CC)=c2ccc([n-]2)=C(c2n(CC)cc[n+]2CC)C2CCC(=C(c3n(CC)cc[n+]3CC)c3ccc1[n-]3)[N-]2.[Cl-].[Cl-].[Cl-].[Cl-].[Cl-].[Mn+3]. The first kappa shape index (κ1) is 56.5. The Hall–Kier alpha value is -3.81. The molecule has 358 valence electrons. The van der Waals surface area contributed by atoms with E-state index in [4.69, 9.17) is 20.6 Å². The van der Waals surface area contributed by atoms with Crippen molar-refractivity contribution in [2.24, 2.45) is 0 Å². The monoisotopic (exact) mass is 1040 g/mol. The number of nitrogens with zero attached hydrogens (tertiary/aromatic N) is 12. The van der Waals surface area contributed by atoms with E-state index in [1.54, 1.807) is 0 Å². The molecule has 0 aromatic carbocycles. The van der Waals surface area contributed by atoms with Gasteiger partial charge in [-0.2, -0.15) is 0 Å². The zero-order valence-corrected chi connectivity index (χ0v) is 44.2. The van der Waals surface area contributed by atoms with Crippen LogP contribution in [0.1, 0.15) is 116 Å². The van der Waals surface area contributed by atoms with Gasteiger partial charge < -0.3 is 82.6 Å². The second kappa shape index (κ2) is 24.0. The second-order valence-electron chi connectivity index (χ2n) is 16.0. The van der Waals surface area contributed by atoms with Crippen LogP contribution in [-0.4, -0.2) is 30.4 Å².